The Morgan fingerprint density at radius 3 is 2.33 bits per heavy atom. The predicted molar refractivity (Wildman–Crippen MR) is 197 cm³/mol. The summed E-state index contributed by atoms with van der Waals surface area (Å²) in [5.74, 6) is 1.46. The molecule has 2 aromatic carbocycles. The highest BCUT2D eigenvalue weighted by Crippen LogP contribution is 2.75. The van der Waals surface area contributed by atoms with Gasteiger partial charge in [0, 0.05) is 5.41 Å². The summed E-state index contributed by atoms with van der Waals surface area (Å²) < 4.78 is 8.50. The van der Waals surface area contributed by atoms with E-state index in [4.69, 9.17) is 9.84 Å². The third kappa shape index (κ3) is 4.67. The van der Waals surface area contributed by atoms with Crippen LogP contribution in [0.3, 0.4) is 0 Å². The number of aryl methyl sites for hydroxylation is 1. The lowest BCUT2D eigenvalue weighted by molar-refractivity contribution is -0.182. The number of benzene rings is 2. The Balaban J connectivity index is 1.16. The van der Waals surface area contributed by atoms with Crippen LogP contribution in [0.1, 0.15) is 122 Å². The van der Waals surface area contributed by atoms with Crippen molar-refractivity contribution in [2.24, 2.45) is 44.8 Å². The summed E-state index contributed by atoms with van der Waals surface area (Å²) in [4.78, 5) is 14.4. The van der Waals surface area contributed by atoms with Crippen LogP contribution in [0.4, 0.5) is 0 Å². The van der Waals surface area contributed by atoms with Crippen LogP contribution < -0.4 is 0 Å². The summed E-state index contributed by atoms with van der Waals surface area (Å²) in [6, 6.07) is 19.1. The third-order valence-corrected chi connectivity index (χ3v) is 15.7. The molecule has 0 N–H and O–H groups in total. The van der Waals surface area contributed by atoms with Crippen molar-refractivity contribution < 1.29 is 9.53 Å². The Labute approximate surface area is 295 Å². The molecule has 5 aliphatic carbocycles. The van der Waals surface area contributed by atoms with Gasteiger partial charge >= 0.3 is 5.97 Å². The number of fused-ring (bicyclic) bond motifs is 8. The van der Waals surface area contributed by atoms with Crippen LogP contribution in [0.25, 0.3) is 5.69 Å². The standard InChI is InChI=1S/C45H58N2O2/c1-30-14-16-33(17-15-30)47-38-32(28-46-47)26-42(6)36(41(38,4)5)20-21-44(8)37(42)19-18-34-35-27-40(2,3)22-24-45(35,25-23-43(34,44)7)39(48)49-29-31-12-10-9-11-13-31/h9-18,28,35-37H,19-27,29H2,1-8H3/t35-,36-,37+,42-,43+,44+,45-/m0/s1. The van der Waals surface area contributed by atoms with Crippen LogP contribution in [0.5, 0.6) is 0 Å². The molecule has 260 valence electrons. The van der Waals surface area contributed by atoms with Gasteiger partial charge in [0.1, 0.15) is 6.61 Å². The van der Waals surface area contributed by atoms with Crippen LogP contribution in [0, 0.1) is 51.8 Å². The van der Waals surface area contributed by atoms with E-state index in [0.717, 1.165) is 50.5 Å². The number of rotatable bonds is 4. The molecule has 0 radical (unpaired) electrons. The highest BCUT2D eigenvalue weighted by atomic mass is 16.5. The van der Waals surface area contributed by atoms with E-state index in [1.165, 1.54) is 35.3 Å². The first-order chi connectivity index (χ1) is 23.1. The molecule has 0 unspecified atom stereocenters. The Kier molecular flexibility index (Phi) is 7.37. The van der Waals surface area contributed by atoms with E-state index in [-0.39, 0.29) is 39.0 Å². The zero-order chi connectivity index (χ0) is 34.6. The smallest absolute Gasteiger partial charge is 0.313 e. The Hall–Kier alpha value is -3.14. The van der Waals surface area contributed by atoms with Crippen LogP contribution in [-0.2, 0) is 28.0 Å². The van der Waals surface area contributed by atoms with Crippen LogP contribution in [-0.4, -0.2) is 15.7 Å². The molecule has 0 saturated heterocycles. The normalized spacial score (nSPS) is 37.0. The average molecular weight is 659 g/mol. The quantitative estimate of drug-likeness (QED) is 0.207. The summed E-state index contributed by atoms with van der Waals surface area (Å²) in [6.07, 6.45) is 14.7. The van der Waals surface area contributed by atoms with Gasteiger partial charge in [0.25, 0.3) is 0 Å². The fraction of sp³-hybridized carbons (Fsp3) is 0.600. The zero-order valence-electron chi connectivity index (χ0n) is 31.4. The van der Waals surface area contributed by atoms with Crippen molar-refractivity contribution in [2.45, 2.75) is 125 Å². The second-order valence-electron chi connectivity index (χ2n) is 19.1. The Morgan fingerprint density at radius 1 is 0.878 bits per heavy atom. The van der Waals surface area contributed by atoms with E-state index in [2.05, 4.69) is 109 Å². The molecule has 7 atom stereocenters. The lowest BCUT2D eigenvalue weighted by Crippen LogP contribution is -2.65. The molecule has 0 aliphatic heterocycles. The molecule has 5 aliphatic rings. The molecule has 3 saturated carbocycles. The number of carbonyl (C=O) groups is 1. The number of hydrogen-bond acceptors (Lipinski definition) is 3. The zero-order valence-corrected chi connectivity index (χ0v) is 31.4. The van der Waals surface area contributed by atoms with Gasteiger partial charge in [-0.1, -0.05) is 108 Å². The van der Waals surface area contributed by atoms with Crippen molar-refractivity contribution in [1.82, 2.24) is 9.78 Å². The van der Waals surface area contributed by atoms with Gasteiger partial charge in [0.05, 0.1) is 23.0 Å². The Morgan fingerprint density at radius 2 is 1.59 bits per heavy atom. The molecule has 0 bridgehead atoms. The molecule has 0 spiro atoms. The maximum atomic E-state index is 14.4. The first-order valence-corrected chi connectivity index (χ1v) is 19.2. The minimum absolute atomic E-state index is 0.00751. The molecule has 0 amide bonds. The fourth-order valence-electron chi connectivity index (χ4n) is 12.9. The highest BCUT2D eigenvalue weighted by molar-refractivity contribution is 5.79. The molecule has 49 heavy (non-hydrogen) atoms. The molecular weight excluding hydrogens is 601 g/mol. The van der Waals surface area contributed by atoms with E-state index in [1.807, 2.05) is 18.2 Å². The summed E-state index contributed by atoms with van der Waals surface area (Å²) in [6.45, 7) is 20.3. The summed E-state index contributed by atoms with van der Waals surface area (Å²) >= 11 is 0. The minimum atomic E-state index is -0.410. The van der Waals surface area contributed by atoms with Gasteiger partial charge in [0.2, 0.25) is 0 Å². The maximum Gasteiger partial charge on any atom is 0.313 e. The minimum Gasteiger partial charge on any atom is -0.460 e. The van der Waals surface area contributed by atoms with Crippen LogP contribution in [0.15, 0.2) is 72.4 Å². The second-order valence-corrected chi connectivity index (χ2v) is 19.1. The molecule has 3 fully saturated rings. The number of hydrogen-bond donors (Lipinski definition) is 0. The monoisotopic (exact) mass is 658 g/mol. The SMILES string of the molecule is Cc1ccc(-n2ncc3c2C(C)(C)[C@@H]2CC[C@]4(C)[C@H](CC=C5[C@@H]6CC(C)(C)CC[C@]6(C(=O)OCc6ccccc6)CC[C@]54C)[C@@]2(C)C3)cc1. The number of allylic oxidation sites excluding steroid dienone is 2. The number of nitrogens with zero attached hydrogens (tertiary/aromatic N) is 2. The fourth-order valence-corrected chi connectivity index (χ4v) is 12.9. The molecule has 3 aromatic rings. The van der Waals surface area contributed by atoms with Gasteiger partial charge < -0.3 is 4.74 Å². The van der Waals surface area contributed by atoms with Gasteiger partial charge in [0.15, 0.2) is 0 Å². The average Bonchev–Trinajstić information content (AvgIpc) is 3.49. The maximum absolute atomic E-state index is 14.4. The summed E-state index contributed by atoms with van der Waals surface area (Å²) in [7, 11) is 0. The molecule has 8 rings (SSSR count). The van der Waals surface area contributed by atoms with E-state index in [0.29, 0.717) is 18.4 Å². The van der Waals surface area contributed by atoms with Crippen molar-refractivity contribution in [3.63, 3.8) is 0 Å². The summed E-state index contributed by atoms with van der Waals surface area (Å²) in [5, 5.41) is 5.06. The van der Waals surface area contributed by atoms with Gasteiger partial charge in [-0.3, -0.25) is 4.79 Å². The highest BCUT2D eigenvalue weighted by Gasteiger charge is 2.69. The van der Waals surface area contributed by atoms with Crippen molar-refractivity contribution in [2.75, 3.05) is 0 Å². The molecule has 1 heterocycles. The largest absolute Gasteiger partial charge is 0.460 e. The van der Waals surface area contributed by atoms with E-state index in [1.54, 1.807) is 5.57 Å². The van der Waals surface area contributed by atoms with E-state index in [9.17, 15) is 4.79 Å². The number of carbonyl (C=O) groups excluding carboxylic acids is 1. The van der Waals surface area contributed by atoms with Crippen LogP contribution >= 0.6 is 0 Å². The van der Waals surface area contributed by atoms with Crippen molar-refractivity contribution in [3.05, 3.63) is 94.8 Å². The first kappa shape index (κ1) is 33.0. The molecule has 1 aromatic heterocycles. The lowest BCUT2D eigenvalue weighted by Gasteiger charge is -2.70. The van der Waals surface area contributed by atoms with Crippen molar-refractivity contribution in [1.29, 1.82) is 0 Å². The van der Waals surface area contributed by atoms with Crippen molar-refractivity contribution >= 4 is 5.97 Å². The number of esters is 1. The Bertz CT molecular complexity index is 1800. The predicted octanol–water partition coefficient (Wildman–Crippen LogP) is 10.7. The van der Waals surface area contributed by atoms with Gasteiger partial charge in [-0.2, -0.15) is 5.10 Å². The summed E-state index contributed by atoms with van der Waals surface area (Å²) in [5.41, 5.74) is 8.21. The van der Waals surface area contributed by atoms with Gasteiger partial charge in [-0.25, -0.2) is 4.68 Å². The van der Waals surface area contributed by atoms with Gasteiger partial charge in [-0.05, 0) is 127 Å². The second kappa shape index (κ2) is 10.9. The number of aromatic nitrogens is 2. The topological polar surface area (TPSA) is 44.1 Å². The molecular formula is C45H58N2O2. The lowest BCUT2D eigenvalue weighted by atomic mass is 9.33. The molecule has 4 heteroatoms. The van der Waals surface area contributed by atoms with Crippen LogP contribution in [0.2, 0.25) is 0 Å². The van der Waals surface area contributed by atoms with E-state index < -0.39 is 5.41 Å². The van der Waals surface area contributed by atoms with Crippen molar-refractivity contribution in [3.8, 4) is 5.69 Å². The number of ether oxygens (including phenoxy) is 1. The third-order valence-electron chi connectivity index (χ3n) is 15.7. The van der Waals surface area contributed by atoms with Gasteiger partial charge in [-0.15, -0.1) is 0 Å². The first-order valence-electron chi connectivity index (χ1n) is 19.2. The van der Waals surface area contributed by atoms with E-state index >= 15 is 0 Å². The molecule has 4 nitrogen and oxygen atoms in total.